The third-order valence-corrected chi connectivity index (χ3v) is 1.73. The predicted molar refractivity (Wildman–Crippen MR) is 56.1 cm³/mol. The molecule has 1 aliphatic carbocycles. The van der Waals surface area contributed by atoms with Crippen molar-refractivity contribution < 1.29 is 27.5 Å². The van der Waals surface area contributed by atoms with Gasteiger partial charge in [0.25, 0.3) is 0 Å². The normalized spacial score (nSPS) is 20.6. The van der Waals surface area contributed by atoms with Crippen LogP contribution in [-0.4, -0.2) is 22.5 Å². The molecule has 1 rings (SSSR count). The van der Waals surface area contributed by atoms with Gasteiger partial charge in [-0.05, 0) is 33.8 Å². The molecule has 0 fully saturated rings. The molecule has 1 aliphatic rings. The summed E-state index contributed by atoms with van der Waals surface area (Å²) >= 11 is 0. The van der Waals surface area contributed by atoms with Crippen LogP contribution in [0.25, 0.3) is 0 Å². The van der Waals surface area contributed by atoms with E-state index in [1.165, 1.54) is 0 Å². The molecule has 0 aliphatic heterocycles. The number of rotatable bonds is 1. The Labute approximate surface area is 101 Å². The molecule has 2 nitrogen and oxygen atoms in total. The Morgan fingerprint density at radius 1 is 1.36 bits per heavy atom. The summed E-state index contributed by atoms with van der Waals surface area (Å²) < 4.78 is 0. The van der Waals surface area contributed by atoms with E-state index in [0.717, 1.165) is 11.3 Å². The van der Waals surface area contributed by atoms with E-state index >= 15 is 0 Å². The first-order valence-electron chi connectivity index (χ1n) is 4.57. The van der Waals surface area contributed by atoms with Gasteiger partial charge in [-0.2, -0.15) is 0 Å². The molecule has 1 radical (unpaired) electrons. The molecule has 0 amide bonds. The van der Waals surface area contributed by atoms with Gasteiger partial charge in [-0.1, -0.05) is 12.2 Å². The van der Waals surface area contributed by atoms with Crippen molar-refractivity contribution >= 4 is 5.71 Å². The molecule has 3 heteroatoms. The molecule has 0 aromatic heterocycles. The topological polar surface area (TPSA) is 32.6 Å². The maximum atomic E-state index is 9.43. The summed E-state index contributed by atoms with van der Waals surface area (Å²) in [5.74, 6) is 0. The first kappa shape index (κ1) is 13.9. The Morgan fingerprint density at radius 2 is 1.93 bits per heavy atom. The van der Waals surface area contributed by atoms with E-state index in [9.17, 15) is 5.11 Å². The molecule has 0 aromatic carbocycles. The molecule has 0 aromatic rings. The minimum absolute atomic E-state index is 0. The number of hydrogen-bond acceptors (Lipinski definition) is 2. The maximum absolute atomic E-state index is 9.43. The third-order valence-electron chi connectivity index (χ3n) is 1.73. The summed E-state index contributed by atoms with van der Waals surface area (Å²) in [4.78, 5) is 4.51. The van der Waals surface area contributed by atoms with Crippen LogP contribution in [0.2, 0.25) is 0 Å². The van der Waals surface area contributed by atoms with Crippen LogP contribution in [0.5, 0.6) is 0 Å². The van der Waals surface area contributed by atoms with E-state index in [-0.39, 0.29) is 27.9 Å². The van der Waals surface area contributed by atoms with Crippen LogP contribution in [0.1, 0.15) is 27.7 Å². The van der Waals surface area contributed by atoms with E-state index in [4.69, 9.17) is 0 Å². The van der Waals surface area contributed by atoms with Crippen molar-refractivity contribution in [2.45, 2.75) is 39.3 Å². The quantitative estimate of drug-likeness (QED) is 0.728. The van der Waals surface area contributed by atoms with Gasteiger partial charge in [0, 0.05) is 28.0 Å². The largest absolute Gasteiger partial charge is 0.389 e. The van der Waals surface area contributed by atoms with E-state index in [1.807, 2.05) is 39.0 Å². The van der Waals surface area contributed by atoms with Crippen molar-refractivity contribution in [1.29, 1.82) is 0 Å². The average molecular weight is 272 g/mol. The summed E-state index contributed by atoms with van der Waals surface area (Å²) in [7, 11) is 0. The van der Waals surface area contributed by atoms with Gasteiger partial charge in [0.15, 0.2) is 0 Å². The molecule has 14 heavy (non-hydrogen) atoms. The predicted octanol–water partition coefficient (Wildman–Crippen LogP) is 2.10. The number of nitrogens with zero attached hydrogens (tertiary/aromatic N) is 1. The molecule has 77 valence electrons. The van der Waals surface area contributed by atoms with Gasteiger partial charge in [-0.25, -0.2) is 0 Å². The summed E-state index contributed by atoms with van der Waals surface area (Å²) in [5.41, 5.74) is 1.73. The second-order valence-electron chi connectivity index (χ2n) is 4.32. The zero-order chi connectivity index (χ0) is 10.1. The van der Waals surface area contributed by atoms with Crippen molar-refractivity contribution in [3.8, 4) is 0 Å². The van der Waals surface area contributed by atoms with Gasteiger partial charge in [-0.3, -0.25) is 4.99 Å². The van der Waals surface area contributed by atoms with Crippen LogP contribution >= 0.6 is 0 Å². The number of aliphatic imine (C=N–C) groups is 1. The Bertz CT molecular complexity index is 282. The molecule has 0 saturated carbocycles. The van der Waals surface area contributed by atoms with E-state index in [0.29, 0.717) is 0 Å². The first-order chi connectivity index (χ1) is 5.90. The van der Waals surface area contributed by atoms with Crippen molar-refractivity contribution in [1.82, 2.24) is 0 Å². The van der Waals surface area contributed by atoms with Gasteiger partial charge >= 0.3 is 0 Å². The number of aliphatic hydroxyl groups excluding tert-OH is 1. The molecule has 1 atom stereocenters. The zero-order valence-corrected chi connectivity index (χ0v) is 11.3. The fourth-order valence-corrected chi connectivity index (χ4v) is 1.24. The summed E-state index contributed by atoms with van der Waals surface area (Å²) in [6.45, 7) is 7.90. The van der Waals surface area contributed by atoms with Crippen molar-refractivity contribution in [3.63, 3.8) is 0 Å². The SMILES string of the molecule is CC(O)C1=CC=CC1=NC(C)(C)C.[Nb]. The van der Waals surface area contributed by atoms with Crippen LogP contribution in [0.4, 0.5) is 0 Å². The summed E-state index contributed by atoms with van der Waals surface area (Å²) in [5, 5.41) is 9.43. The molecule has 0 spiro atoms. The number of aliphatic hydroxyl groups is 1. The smallest absolute Gasteiger partial charge is 0.0782 e. The Balaban J connectivity index is 0.00000169. The van der Waals surface area contributed by atoms with Crippen molar-refractivity contribution in [3.05, 3.63) is 23.8 Å². The van der Waals surface area contributed by atoms with Crippen molar-refractivity contribution in [2.24, 2.45) is 4.99 Å². The standard InChI is InChI=1S/C11H17NO.Nb/c1-8(13)9-6-5-7-10(9)12-11(2,3)4;/h5-8,13H,1-4H3;. The van der Waals surface area contributed by atoms with Crippen LogP contribution < -0.4 is 0 Å². The molecule has 0 heterocycles. The van der Waals surface area contributed by atoms with Crippen LogP contribution in [0.3, 0.4) is 0 Å². The second-order valence-corrected chi connectivity index (χ2v) is 4.32. The summed E-state index contributed by atoms with van der Waals surface area (Å²) in [6.07, 6.45) is 5.34. The van der Waals surface area contributed by atoms with Gasteiger partial charge < -0.3 is 5.11 Å². The Morgan fingerprint density at radius 3 is 2.36 bits per heavy atom. The summed E-state index contributed by atoms with van der Waals surface area (Å²) in [6, 6.07) is 0. The van der Waals surface area contributed by atoms with Gasteiger partial charge in [-0.15, -0.1) is 0 Å². The Hall–Kier alpha value is -0.150. The zero-order valence-electron chi connectivity index (χ0n) is 9.15. The fraction of sp³-hybridized carbons (Fsp3) is 0.545. The molecular weight excluding hydrogens is 255 g/mol. The molecule has 1 unspecified atom stereocenters. The van der Waals surface area contributed by atoms with Crippen LogP contribution in [0, 0.1) is 0 Å². The molecular formula is C11H17NNbO. The molecule has 1 N–H and O–H groups in total. The molecule has 0 saturated heterocycles. The fourth-order valence-electron chi connectivity index (χ4n) is 1.24. The third kappa shape index (κ3) is 3.93. The van der Waals surface area contributed by atoms with Gasteiger partial charge in [0.05, 0.1) is 17.4 Å². The minimum Gasteiger partial charge on any atom is -0.389 e. The monoisotopic (exact) mass is 272 g/mol. The second kappa shape index (κ2) is 5.08. The van der Waals surface area contributed by atoms with E-state index < -0.39 is 6.10 Å². The number of hydrogen-bond donors (Lipinski definition) is 1. The van der Waals surface area contributed by atoms with E-state index in [1.54, 1.807) is 6.92 Å². The Kier molecular flexibility index (Phi) is 5.02. The van der Waals surface area contributed by atoms with Crippen LogP contribution in [0.15, 0.2) is 28.8 Å². The first-order valence-corrected chi connectivity index (χ1v) is 4.57. The maximum Gasteiger partial charge on any atom is 0.0782 e. The minimum atomic E-state index is -0.434. The van der Waals surface area contributed by atoms with Crippen molar-refractivity contribution in [2.75, 3.05) is 0 Å². The van der Waals surface area contributed by atoms with Gasteiger partial charge in [0.2, 0.25) is 0 Å². The van der Waals surface area contributed by atoms with Crippen LogP contribution in [-0.2, 0) is 22.4 Å². The number of allylic oxidation sites excluding steroid dienone is 3. The molecule has 0 bridgehead atoms. The average Bonchev–Trinajstić information content (AvgIpc) is 2.31. The van der Waals surface area contributed by atoms with Gasteiger partial charge in [0.1, 0.15) is 0 Å². The van der Waals surface area contributed by atoms with E-state index in [2.05, 4.69) is 4.99 Å².